The Labute approximate surface area is 187 Å². The average Bonchev–Trinajstić information content (AvgIpc) is 2.79. The highest BCUT2D eigenvalue weighted by Gasteiger charge is 2.27. The number of hydrogen-bond donors (Lipinski definition) is 3. The molecule has 32 heavy (non-hydrogen) atoms. The van der Waals surface area contributed by atoms with Crippen LogP contribution in [0.1, 0.15) is 30.4 Å². The third kappa shape index (κ3) is 6.27. The third-order valence-corrected chi connectivity index (χ3v) is 7.22. The van der Waals surface area contributed by atoms with Crippen molar-refractivity contribution in [1.82, 2.24) is 14.9 Å². The summed E-state index contributed by atoms with van der Waals surface area (Å²) in [5.41, 5.74) is 1.66. The van der Waals surface area contributed by atoms with Crippen molar-refractivity contribution in [2.45, 2.75) is 37.6 Å². The Morgan fingerprint density at radius 3 is 2.38 bits per heavy atom. The predicted octanol–water partition coefficient (Wildman–Crippen LogP) is 2.75. The highest BCUT2D eigenvalue weighted by molar-refractivity contribution is 7.89. The van der Waals surface area contributed by atoms with Gasteiger partial charge in [0.2, 0.25) is 15.9 Å². The van der Waals surface area contributed by atoms with Crippen molar-refractivity contribution in [2.24, 2.45) is 0 Å². The van der Waals surface area contributed by atoms with Crippen LogP contribution in [-0.4, -0.2) is 44.3 Å². The van der Waals surface area contributed by atoms with E-state index in [0.717, 1.165) is 19.3 Å². The van der Waals surface area contributed by atoms with Gasteiger partial charge >= 0.3 is 6.03 Å². The summed E-state index contributed by atoms with van der Waals surface area (Å²) in [5, 5.41) is 7.62. The van der Waals surface area contributed by atoms with Crippen LogP contribution in [0, 0.1) is 12.7 Å². The highest BCUT2D eigenvalue weighted by Crippen LogP contribution is 2.26. The van der Waals surface area contributed by atoms with Crippen molar-refractivity contribution in [1.29, 1.82) is 0 Å². The number of anilines is 1. The molecule has 3 amide bonds. The molecule has 0 unspecified atom stereocenters. The van der Waals surface area contributed by atoms with Gasteiger partial charge in [-0.1, -0.05) is 24.6 Å². The molecule has 3 rings (SSSR count). The molecule has 1 heterocycles. The number of urea groups is 1. The van der Waals surface area contributed by atoms with Gasteiger partial charge in [-0.15, -0.1) is 0 Å². The molecule has 0 aliphatic carbocycles. The van der Waals surface area contributed by atoms with Gasteiger partial charge in [0.25, 0.3) is 0 Å². The largest absolute Gasteiger partial charge is 0.334 e. The summed E-state index contributed by atoms with van der Waals surface area (Å²) in [6.07, 6.45) is 2.69. The van der Waals surface area contributed by atoms with Gasteiger partial charge < -0.3 is 16.0 Å². The lowest BCUT2D eigenvalue weighted by Gasteiger charge is -2.26. The van der Waals surface area contributed by atoms with E-state index in [1.165, 1.54) is 22.5 Å². The van der Waals surface area contributed by atoms with Crippen molar-refractivity contribution in [3.63, 3.8) is 0 Å². The molecule has 1 saturated heterocycles. The number of hydrogen-bond acceptors (Lipinski definition) is 4. The van der Waals surface area contributed by atoms with Crippen LogP contribution in [0.4, 0.5) is 14.9 Å². The second kappa shape index (κ2) is 10.6. The summed E-state index contributed by atoms with van der Waals surface area (Å²) in [5.74, 6) is -0.857. The van der Waals surface area contributed by atoms with E-state index in [0.29, 0.717) is 29.9 Å². The van der Waals surface area contributed by atoms with E-state index >= 15 is 0 Å². The molecule has 1 aliphatic rings. The molecule has 1 aliphatic heterocycles. The van der Waals surface area contributed by atoms with E-state index < -0.39 is 22.0 Å². The Bertz CT molecular complexity index is 1070. The van der Waals surface area contributed by atoms with Crippen LogP contribution < -0.4 is 16.0 Å². The van der Waals surface area contributed by atoms with Crippen LogP contribution in [0.25, 0.3) is 0 Å². The lowest BCUT2D eigenvalue weighted by Crippen LogP contribution is -2.39. The summed E-state index contributed by atoms with van der Waals surface area (Å²) in [7, 11) is -3.63. The molecule has 172 valence electrons. The molecule has 0 bridgehead atoms. The minimum Gasteiger partial charge on any atom is -0.334 e. The van der Waals surface area contributed by atoms with Crippen molar-refractivity contribution < 1.29 is 22.4 Å². The minimum absolute atomic E-state index is 0.169. The third-order valence-electron chi connectivity index (χ3n) is 5.18. The van der Waals surface area contributed by atoms with Gasteiger partial charge in [0.1, 0.15) is 5.82 Å². The van der Waals surface area contributed by atoms with Gasteiger partial charge in [0, 0.05) is 25.3 Å². The van der Waals surface area contributed by atoms with Crippen LogP contribution in [-0.2, 0) is 21.4 Å². The number of nitrogens with zero attached hydrogens (tertiary/aromatic N) is 1. The Hall–Kier alpha value is -2.98. The summed E-state index contributed by atoms with van der Waals surface area (Å²) in [4.78, 5) is 24.3. The van der Waals surface area contributed by atoms with E-state index in [9.17, 15) is 22.4 Å². The molecule has 10 heteroatoms. The van der Waals surface area contributed by atoms with Crippen LogP contribution in [0.15, 0.2) is 47.4 Å². The molecular formula is C22H27FN4O4S. The molecule has 1 fully saturated rings. The van der Waals surface area contributed by atoms with Crippen molar-refractivity contribution in [2.75, 3.05) is 25.0 Å². The number of halogens is 1. The summed E-state index contributed by atoms with van der Waals surface area (Å²) < 4.78 is 40.4. The Kier molecular flexibility index (Phi) is 7.81. The maximum absolute atomic E-state index is 13.0. The first-order chi connectivity index (χ1) is 15.3. The quantitative estimate of drug-likeness (QED) is 0.588. The van der Waals surface area contributed by atoms with E-state index in [1.807, 2.05) is 0 Å². The summed E-state index contributed by atoms with van der Waals surface area (Å²) in [6.45, 7) is 2.60. The molecule has 2 aromatic carbocycles. The fraction of sp³-hybridized carbons (Fsp3) is 0.364. The second-order valence-corrected chi connectivity index (χ2v) is 9.56. The molecule has 0 radical (unpaired) electrons. The van der Waals surface area contributed by atoms with Crippen molar-refractivity contribution in [3.05, 3.63) is 59.4 Å². The number of nitrogens with one attached hydrogen (secondary N) is 3. The Balaban J connectivity index is 1.54. The minimum atomic E-state index is -3.63. The van der Waals surface area contributed by atoms with Crippen LogP contribution >= 0.6 is 0 Å². The van der Waals surface area contributed by atoms with Crippen LogP contribution in [0.2, 0.25) is 0 Å². The topological polar surface area (TPSA) is 108 Å². The van der Waals surface area contributed by atoms with Crippen LogP contribution in [0.5, 0.6) is 0 Å². The summed E-state index contributed by atoms with van der Waals surface area (Å²) in [6, 6.07) is 9.86. The van der Waals surface area contributed by atoms with Gasteiger partial charge in [0.05, 0.1) is 11.4 Å². The maximum atomic E-state index is 13.0. The second-order valence-electron chi connectivity index (χ2n) is 7.66. The lowest BCUT2D eigenvalue weighted by atomic mass is 10.2. The first-order valence-electron chi connectivity index (χ1n) is 10.4. The first-order valence-corrected chi connectivity index (χ1v) is 11.9. The number of rotatable bonds is 7. The highest BCUT2D eigenvalue weighted by atomic mass is 32.2. The molecule has 2 aromatic rings. The molecule has 8 nitrogen and oxygen atoms in total. The van der Waals surface area contributed by atoms with Gasteiger partial charge in [-0.25, -0.2) is 17.6 Å². The summed E-state index contributed by atoms with van der Waals surface area (Å²) >= 11 is 0. The molecule has 0 spiro atoms. The van der Waals surface area contributed by atoms with E-state index in [4.69, 9.17) is 0 Å². The van der Waals surface area contributed by atoms with E-state index in [1.54, 1.807) is 31.2 Å². The fourth-order valence-corrected chi connectivity index (χ4v) is 5.18. The standard InChI is InChI=1S/C22H27FN4O4S/c1-16-5-10-19(13-20(16)32(30,31)27-11-3-2-4-12-27)26-21(28)15-25-22(29)24-14-17-6-8-18(23)9-7-17/h5-10,13H,2-4,11-12,14-15H2,1H3,(H,26,28)(H2,24,25,29). The number of piperidine rings is 1. The number of benzene rings is 2. The maximum Gasteiger partial charge on any atom is 0.315 e. The lowest BCUT2D eigenvalue weighted by molar-refractivity contribution is -0.115. The number of aryl methyl sites for hydroxylation is 1. The normalized spacial score (nSPS) is 14.6. The Morgan fingerprint density at radius 1 is 1.00 bits per heavy atom. The van der Waals surface area contributed by atoms with Crippen LogP contribution in [0.3, 0.4) is 0 Å². The predicted molar refractivity (Wildman–Crippen MR) is 119 cm³/mol. The van der Waals surface area contributed by atoms with Crippen molar-refractivity contribution in [3.8, 4) is 0 Å². The molecule has 0 aromatic heterocycles. The number of carbonyl (C=O) groups is 2. The molecule has 0 saturated carbocycles. The molecular weight excluding hydrogens is 435 g/mol. The van der Waals surface area contributed by atoms with E-state index in [-0.39, 0.29) is 23.8 Å². The Morgan fingerprint density at radius 2 is 1.69 bits per heavy atom. The van der Waals surface area contributed by atoms with E-state index in [2.05, 4.69) is 16.0 Å². The average molecular weight is 463 g/mol. The van der Waals surface area contributed by atoms with Gasteiger partial charge in [-0.2, -0.15) is 4.31 Å². The molecule has 3 N–H and O–H groups in total. The van der Waals surface area contributed by atoms with Gasteiger partial charge in [-0.05, 0) is 55.2 Å². The smallest absolute Gasteiger partial charge is 0.315 e. The molecule has 0 atom stereocenters. The fourth-order valence-electron chi connectivity index (χ4n) is 3.41. The monoisotopic (exact) mass is 462 g/mol. The first kappa shape index (κ1) is 23.7. The van der Waals surface area contributed by atoms with Gasteiger partial charge in [0.15, 0.2) is 0 Å². The SMILES string of the molecule is Cc1ccc(NC(=O)CNC(=O)NCc2ccc(F)cc2)cc1S(=O)(=O)N1CCCCC1. The number of carbonyl (C=O) groups excluding carboxylic acids is 2. The number of sulfonamides is 1. The van der Waals surface area contributed by atoms with Crippen molar-refractivity contribution >= 4 is 27.6 Å². The zero-order valence-corrected chi connectivity index (χ0v) is 18.7. The van der Waals surface area contributed by atoms with Gasteiger partial charge in [-0.3, -0.25) is 4.79 Å². The number of amides is 3. The zero-order chi connectivity index (χ0) is 23.1. The zero-order valence-electron chi connectivity index (χ0n) is 17.9.